The Morgan fingerprint density at radius 2 is 2.00 bits per heavy atom. The molecule has 1 saturated heterocycles. The zero-order valence-electron chi connectivity index (χ0n) is 15.7. The highest BCUT2D eigenvalue weighted by Crippen LogP contribution is 2.27. The van der Waals surface area contributed by atoms with E-state index in [4.69, 9.17) is 33.9 Å². The highest BCUT2D eigenvalue weighted by molar-refractivity contribution is 6.35. The van der Waals surface area contributed by atoms with Crippen molar-refractivity contribution in [2.45, 2.75) is 13.0 Å². The first kappa shape index (κ1) is 19.7. The van der Waals surface area contributed by atoms with E-state index in [1.54, 1.807) is 22.9 Å². The number of anilines is 2. The lowest BCUT2D eigenvalue weighted by molar-refractivity contribution is 0.461. The van der Waals surface area contributed by atoms with E-state index in [1.165, 1.54) is 6.33 Å². The summed E-state index contributed by atoms with van der Waals surface area (Å²) in [6.45, 7) is 4.74. The predicted octanol–water partition coefficient (Wildman–Crippen LogP) is 1.79. The summed E-state index contributed by atoms with van der Waals surface area (Å²) in [7, 11) is 0. The molecule has 2 aromatic heterocycles. The molecule has 0 spiro atoms. The average molecular weight is 435 g/mol. The van der Waals surface area contributed by atoms with Crippen LogP contribution in [0.3, 0.4) is 0 Å². The number of halogens is 2. The Morgan fingerprint density at radius 3 is 2.76 bits per heavy atom. The van der Waals surface area contributed by atoms with Crippen molar-refractivity contribution >= 4 is 45.7 Å². The van der Waals surface area contributed by atoms with Gasteiger partial charge >= 0.3 is 0 Å². The molecule has 0 bridgehead atoms. The van der Waals surface area contributed by atoms with Crippen LogP contribution in [0.15, 0.2) is 29.3 Å². The molecule has 152 valence electrons. The molecule has 0 saturated carbocycles. The van der Waals surface area contributed by atoms with E-state index < -0.39 is 6.04 Å². The number of benzene rings is 1. The third-order valence-corrected chi connectivity index (χ3v) is 5.47. The third kappa shape index (κ3) is 3.68. The summed E-state index contributed by atoms with van der Waals surface area (Å²) < 4.78 is 1.60. The molecule has 0 radical (unpaired) electrons. The van der Waals surface area contributed by atoms with Gasteiger partial charge in [0.25, 0.3) is 5.56 Å². The predicted molar refractivity (Wildman–Crippen MR) is 115 cm³/mol. The lowest BCUT2D eigenvalue weighted by Crippen LogP contribution is -2.54. The van der Waals surface area contributed by atoms with Gasteiger partial charge in [0.1, 0.15) is 17.2 Å². The summed E-state index contributed by atoms with van der Waals surface area (Å²) in [6, 6.07) is 4.85. The number of nitrogens with zero attached hydrogens (tertiary/aromatic N) is 5. The second-order valence-corrected chi connectivity index (χ2v) is 7.50. The van der Waals surface area contributed by atoms with E-state index >= 15 is 0 Å². The molecule has 1 aromatic carbocycles. The monoisotopic (exact) mass is 434 g/mol. The first-order chi connectivity index (χ1) is 14.0. The fraction of sp³-hybridized carbons (Fsp3) is 0.333. The highest BCUT2D eigenvalue weighted by Gasteiger charge is 2.24. The van der Waals surface area contributed by atoms with Crippen molar-refractivity contribution in [2.75, 3.05) is 42.2 Å². The second kappa shape index (κ2) is 8.02. The van der Waals surface area contributed by atoms with Gasteiger partial charge in [-0.3, -0.25) is 4.79 Å². The Hall–Kier alpha value is -2.62. The van der Waals surface area contributed by atoms with Gasteiger partial charge in [-0.15, -0.1) is 0 Å². The third-order valence-electron chi connectivity index (χ3n) is 4.78. The second-order valence-electron chi connectivity index (χ2n) is 6.71. The van der Waals surface area contributed by atoms with E-state index in [0.29, 0.717) is 40.7 Å². The van der Waals surface area contributed by atoms with Gasteiger partial charge in [0.05, 0.1) is 22.0 Å². The van der Waals surface area contributed by atoms with E-state index in [0.717, 1.165) is 13.1 Å². The van der Waals surface area contributed by atoms with Crippen LogP contribution in [0.4, 0.5) is 11.6 Å². The van der Waals surface area contributed by atoms with Crippen molar-refractivity contribution in [2.24, 2.45) is 0 Å². The van der Waals surface area contributed by atoms with Gasteiger partial charge < -0.3 is 21.4 Å². The largest absolute Gasteiger partial charge is 0.382 e. The molecule has 1 aliphatic rings. The normalized spacial score (nSPS) is 15.5. The molecule has 29 heavy (non-hydrogen) atoms. The minimum atomic E-state index is -0.396. The summed E-state index contributed by atoms with van der Waals surface area (Å²) in [6.07, 6.45) is 1.33. The van der Waals surface area contributed by atoms with Crippen LogP contribution in [0.1, 0.15) is 18.8 Å². The van der Waals surface area contributed by atoms with Crippen molar-refractivity contribution in [1.82, 2.24) is 24.9 Å². The summed E-state index contributed by atoms with van der Waals surface area (Å²) in [5, 5.41) is 9.45. The molecule has 0 aliphatic carbocycles. The van der Waals surface area contributed by atoms with Crippen LogP contribution in [0, 0.1) is 0 Å². The number of piperazine rings is 1. The van der Waals surface area contributed by atoms with Crippen molar-refractivity contribution < 1.29 is 0 Å². The molecule has 1 fully saturated rings. The maximum Gasteiger partial charge on any atom is 0.281 e. The minimum Gasteiger partial charge on any atom is -0.382 e. The summed E-state index contributed by atoms with van der Waals surface area (Å²) >= 11 is 12.5. The van der Waals surface area contributed by atoms with Crippen LogP contribution in [0.2, 0.25) is 10.0 Å². The van der Waals surface area contributed by atoms with E-state index in [9.17, 15) is 4.79 Å². The number of hydrogen-bond acceptors (Lipinski definition) is 8. The maximum atomic E-state index is 13.4. The Morgan fingerprint density at radius 1 is 1.24 bits per heavy atom. The van der Waals surface area contributed by atoms with E-state index in [1.807, 2.05) is 11.9 Å². The Balaban J connectivity index is 1.85. The molecule has 4 rings (SSSR count). The number of aromatic nitrogens is 4. The van der Waals surface area contributed by atoms with Crippen molar-refractivity contribution in [3.8, 4) is 0 Å². The Kier molecular flexibility index (Phi) is 5.44. The minimum absolute atomic E-state index is 0.175. The van der Waals surface area contributed by atoms with Crippen molar-refractivity contribution in [3.63, 3.8) is 0 Å². The van der Waals surface area contributed by atoms with Crippen molar-refractivity contribution in [3.05, 3.63) is 50.7 Å². The standard InChI is InChI=1S/C18H20Cl2N8O/c1-10(25-16-14(20)15(21)23-9-24-16)17-26-12-4-2-3-11(19)13(12)18(29)28(17)27-7-5-22-6-8-27/h2-4,9-10,22H,5-8H2,1H3,(H3,21,23,24,25). The zero-order valence-corrected chi connectivity index (χ0v) is 17.2. The number of fused-ring (bicyclic) bond motifs is 1. The molecule has 9 nitrogen and oxygen atoms in total. The van der Waals surface area contributed by atoms with Gasteiger partial charge in [-0.1, -0.05) is 29.3 Å². The van der Waals surface area contributed by atoms with Crippen LogP contribution in [0.25, 0.3) is 10.9 Å². The molecule has 3 aromatic rings. The number of nitrogens with one attached hydrogen (secondary N) is 2. The van der Waals surface area contributed by atoms with Gasteiger partial charge in [-0.05, 0) is 19.1 Å². The zero-order chi connectivity index (χ0) is 20.5. The van der Waals surface area contributed by atoms with Crippen LogP contribution in [-0.2, 0) is 0 Å². The van der Waals surface area contributed by atoms with Gasteiger partial charge in [0.2, 0.25) is 0 Å². The molecule has 1 aliphatic heterocycles. The Labute approximate surface area is 176 Å². The smallest absolute Gasteiger partial charge is 0.281 e. The first-order valence-corrected chi connectivity index (χ1v) is 9.92. The highest BCUT2D eigenvalue weighted by atomic mass is 35.5. The number of rotatable bonds is 4. The van der Waals surface area contributed by atoms with E-state index in [2.05, 4.69) is 20.6 Å². The van der Waals surface area contributed by atoms with Gasteiger partial charge in [-0.2, -0.15) is 0 Å². The molecular formula is C18H20Cl2N8O. The van der Waals surface area contributed by atoms with Crippen LogP contribution < -0.4 is 26.9 Å². The molecular weight excluding hydrogens is 415 g/mol. The molecule has 4 N–H and O–H groups in total. The lowest BCUT2D eigenvalue weighted by atomic mass is 10.2. The fourth-order valence-electron chi connectivity index (χ4n) is 3.36. The van der Waals surface area contributed by atoms with Gasteiger partial charge in [-0.25, -0.2) is 19.6 Å². The lowest BCUT2D eigenvalue weighted by Gasteiger charge is -2.33. The quantitative estimate of drug-likeness (QED) is 0.569. The van der Waals surface area contributed by atoms with Crippen LogP contribution in [0.5, 0.6) is 0 Å². The van der Waals surface area contributed by atoms with Crippen LogP contribution >= 0.6 is 23.2 Å². The summed E-state index contributed by atoms with van der Waals surface area (Å²) in [4.78, 5) is 26.2. The molecule has 3 heterocycles. The van der Waals surface area contributed by atoms with Crippen LogP contribution in [-0.4, -0.2) is 45.8 Å². The topological polar surface area (TPSA) is 114 Å². The average Bonchev–Trinajstić information content (AvgIpc) is 2.71. The van der Waals surface area contributed by atoms with Gasteiger partial charge in [0.15, 0.2) is 11.6 Å². The molecule has 0 amide bonds. The number of nitrogen functional groups attached to an aromatic ring is 1. The number of nitrogens with two attached hydrogens (primary N) is 1. The molecule has 1 atom stereocenters. The number of hydrogen-bond donors (Lipinski definition) is 3. The molecule has 1 unspecified atom stereocenters. The first-order valence-electron chi connectivity index (χ1n) is 9.17. The summed E-state index contributed by atoms with van der Waals surface area (Å²) in [5.74, 6) is 1.08. The van der Waals surface area contributed by atoms with Gasteiger partial charge in [0, 0.05) is 26.2 Å². The summed E-state index contributed by atoms with van der Waals surface area (Å²) in [5.41, 5.74) is 6.10. The van der Waals surface area contributed by atoms with E-state index in [-0.39, 0.29) is 16.4 Å². The van der Waals surface area contributed by atoms with Crippen molar-refractivity contribution in [1.29, 1.82) is 0 Å². The fourth-order valence-corrected chi connectivity index (χ4v) is 3.76. The SMILES string of the molecule is CC(Nc1ncnc(N)c1Cl)c1nc2cccc(Cl)c2c(=O)n1N1CCNCC1. The Bertz CT molecular complexity index is 1110. The molecule has 11 heteroatoms. The maximum absolute atomic E-state index is 13.4.